The Kier molecular flexibility index (Phi) is 10.6. The molecule has 0 heterocycles. The molecule has 0 saturated heterocycles. The first-order valence-electron chi connectivity index (χ1n) is 12.2. The molecule has 39 heavy (non-hydrogen) atoms. The van der Waals surface area contributed by atoms with E-state index in [0.29, 0.717) is 46.5 Å². The smallest absolute Gasteiger partial charge is 0.343 e. The van der Waals surface area contributed by atoms with Gasteiger partial charge in [0.2, 0.25) is 5.75 Å². The zero-order chi connectivity index (χ0) is 28.2. The first kappa shape index (κ1) is 28.8. The molecule has 0 bridgehead atoms. The van der Waals surface area contributed by atoms with Crippen molar-refractivity contribution in [2.24, 2.45) is 5.10 Å². The molecule has 0 atom stereocenters. The van der Waals surface area contributed by atoms with Crippen molar-refractivity contribution in [1.82, 2.24) is 5.43 Å². The summed E-state index contributed by atoms with van der Waals surface area (Å²) in [7, 11) is 5.87. The number of nitrogens with zero attached hydrogens (tertiary/aromatic N) is 1. The number of hydrazone groups is 1. The number of nitrogens with one attached hydrogen (secondary N) is 1. The van der Waals surface area contributed by atoms with Crippen LogP contribution < -0.4 is 33.8 Å². The molecule has 1 amide bonds. The van der Waals surface area contributed by atoms with Gasteiger partial charge in [-0.1, -0.05) is 13.3 Å². The lowest BCUT2D eigenvalue weighted by atomic mass is 10.1. The van der Waals surface area contributed by atoms with Crippen molar-refractivity contribution in [3.63, 3.8) is 0 Å². The monoisotopic (exact) mass is 536 g/mol. The van der Waals surface area contributed by atoms with E-state index in [9.17, 15) is 9.59 Å². The molecule has 10 nitrogen and oxygen atoms in total. The van der Waals surface area contributed by atoms with Gasteiger partial charge in [0.15, 0.2) is 23.0 Å². The second kappa shape index (κ2) is 14.3. The largest absolute Gasteiger partial charge is 0.494 e. The normalized spacial score (nSPS) is 10.6. The lowest BCUT2D eigenvalue weighted by molar-refractivity contribution is 0.0729. The van der Waals surface area contributed by atoms with Crippen molar-refractivity contribution in [1.29, 1.82) is 0 Å². The molecule has 0 aliphatic rings. The predicted octanol–water partition coefficient (Wildman–Crippen LogP) is 4.88. The second-order valence-corrected chi connectivity index (χ2v) is 8.14. The summed E-state index contributed by atoms with van der Waals surface area (Å²) in [4.78, 5) is 25.3. The number of benzene rings is 3. The fourth-order valence-electron chi connectivity index (χ4n) is 3.47. The Morgan fingerprint density at radius 3 is 2.05 bits per heavy atom. The minimum absolute atomic E-state index is 0.240. The number of hydrogen-bond acceptors (Lipinski definition) is 9. The highest BCUT2D eigenvalue weighted by Crippen LogP contribution is 2.38. The molecule has 206 valence electrons. The number of carbonyl (C=O) groups excluding carboxylic acids is 2. The maximum Gasteiger partial charge on any atom is 0.343 e. The van der Waals surface area contributed by atoms with Gasteiger partial charge in [0, 0.05) is 5.56 Å². The number of methoxy groups -OCH3 is 4. The molecule has 0 spiro atoms. The van der Waals surface area contributed by atoms with Gasteiger partial charge in [-0.15, -0.1) is 0 Å². The van der Waals surface area contributed by atoms with Crippen LogP contribution in [0.15, 0.2) is 59.7 Å². The number of hydrogen-bond donors (Lipinski definition) is 1. The Morgan fingerprint density at radius 2 is 1.46 bits per heavy atom. The van der Waals surface area contributed by atoms with Crippen LogP contribution >= 0.6 is 0 Å². The maximum absolute atomic E-state index is 12.6. The molecule has 0 saturated carbocycles. The highest BCUT2D eigenvalue weighted by Gasteiger charge is 2.17. The van der Waals surface area contributed by atoms with E-state index in [1.165, 1.54) is 46.8 Å². The maximum atomic E-state index is 12.6. The van der Waals surface area contributed by atoms with Crippen molar-refractivity contribution in [3.8, 4) is 34.5 Å². The van der Waals surface area contributed by atoms with Crippen molar-refractivity contribution in [2.45, 2.75) is 19.8 Å². The summed E-state index contributed by atoms with van der Waals surface area (Å²) < 4.78 is 32.4. The van der Waals surface area contributed by atoms with Crippen LogP contribution in [0, 0.1) is 0 Å². The van der Waals surface area contributed by atoms with Crippen LogP contribution in [0.25, 0.3) is 0 Å². The molecule has 10 heteroatoms. The number of rotatable bonds is 13. The summed E-state index contributed by atoms with van der Waals surface area (Å²) >= 11 is 0. The summed E-state index contributed by atoms with van der Waals surface area (Å²) in [6.07, 6.45) is 3.44. The third kappa shape index (κ3) is 7.64. The summed E-state index contributed by atoms with van der Waals surface area (Å²) in [5.41, 5.74) is 3.70. The predicted molar refractivity (Wildman–Crippen MR) is 146 cm³/mol. The van der Waals surface area contributed by atoms with E-state index in [4.69, 9.17) is 28.4 Å². The average molecular weight is 537 g/mol. The van der Waals surface area contributed by atoms with Crippen molar-refractivity contribution < 1.29 is 38.0 Å². The lowest BCUT2D eigenvalue weighted by Crippen LogP contribution is -2.18. The highest BCUT2D eigenvalue weighted by atomic mass is 16.6. The molecule has 3 aromatic rings. The third-order valence-corrected chi connectivity index (χ3v) is 5.55. The van der Waals surface area contributed by atoms with E-state index in [0.717, 1.165) is 12.8 Å². The second-order valence-electron chi connectivity index (χ2n) is 8.14. The molecule has 0 fully saturated rings. The summed E-state index contributed by atoms with van der Waals surface area (Å²) in [6, 6.07) is 14.7. The van der Waals surface area contributed by atoms with Gasteiger partial charge in [0.1, 0.15) is 5.75 Å². The molecule has 0 aliphatic carbocycles. The van der Waals surface area contributed by atoms with Gasteiger partial charge in [-0.05, 0) is 66.6 Å². The molecule has 3 rings (SSSR count). The van der Waals surface area contributed by atoms with Crippen molar-refractivity contribution in [2.75, 3.05) is 35.0 Å². The fourth-order valence-corrected chi connectivity index (χ4v) is 3.47. The SMILES string of the molecule is CCCCOc1ccc(C(=O)Oc2ccc(C=NNC(=O)c3cc(OC)c(OC)c(OC)c3)cc2OC)cc1. The number of esters is 1. The molecular weight excluding hydrogens is 504 g/mol. The third-order valence-electron chi connectivity index (χ3n) is 5.55. The first-order valence-corrected chi connectivity index (χ1v) is 12.2. The van der Waals surface area contributed by atoms with Crippen LogP contribution in [0.1, 0.15) is 46.0 Å². The first-order chi connectivity index (χ1) is 18.9. The molecule has 0 unspecified atom stereocenters. The standard InChI is InChI=1S/C29H32N2O8/c1-6-7-14-38-22-11-9-20(10-12-22)29(33)39-23-13-8-19(15-24(23)34-2)18-30-31-28(32)21-16-25(35-3)27(37-5)26(17-21)36-4/h8-13,15-18H,6-7,14H2,1-5H3,(H,31,32). The van der Waals surface area contributed by atoms with E-state index >= 15 is 0 Å². The Morgan fingerprint density at radius 1 is 0.795 bits per heavy atom. The summed E-state index contributed by atoms with van der Waals surface area (Å²) in [6.45, 7) is 2.72. The van der Waals surface area contributed by atoms with Gasteiger partial charge in [-0.25, -0.2) is 10.2 Å². The van der Waals surface area contributed by atoms with Gasteiger partial charge in [0.25, 0.3) is 5.91 Å². The number of carbonyl (C=O) groups is 2. The topological polar surface area (TPSA) is 114 Å². The van der Waals surface area contributed by atoms with Crippen LogP contribution in [-0.4, -0.2) is 53.1 Å². The fraction of sp³-hybridized carbons (Fsp3) is 0.276. The number of ether oxygens (including phenoxy) is 6. The lowest BCUT2D eigenvalue weighted by Gasteiger charge is -2.13. The molecule has 1 N–H and O–H groups in total. The minimum Gasteiger partial charge on any atom is -0.494 e. The van der Waals surface area contributed by atoms with Crippen LogP contribution in [0.4, 0.5) is 0 Å². The van der Waals surface area contributed by atoms with E-state index in [-0.39, 0.29) is 11.3 Å². The van der Waals surface area contributed by atoms with Gasteiger partial charge >= 0.3 is 5.97 Å². The van der Waals surface area contributed by atoms with E-state index < -0.39 is 11.9 Å². The Hall–Kier alpha value is -4.73. The highest BCUT2D eigenvalue weighted by molar-refractivity contribution is 5.96. The quantitative estimate of drug-likeness (QED) is 0.108. The summed E-state index contributed by atoms with van der Waals surface area (Å²) in [5.74, 6) is 1.30. The molecular formula is C29H32N2O8. The summed E-state index contributed by atoms with van der Waals surface area (Å²) in [5, 5.41) is 4.01. The molecule has 0 aromatic heterocycles. The molecule has 3 aromatic carbocycles. The number of amides is 1. The zero-order valence-electron chi connectivity index (χ0n) is 22.6. The molecule has 0 aliphatic heterocycles. The van der Waals surface area contributed by atoms with Crippen molar-refractivity contribution in [3.05, 3.63) is 71.3 Å². The Labute approximate surface area is 227 Å². The Bertz CT molecular complexity index is 1280. The molecule has 0 radical (unpaired) electrons. The van der Waals surface area contributed by atoms with E-state index in [2.05, 4.69) is 17.5 Å². The van der Waals surface area contributed by atoms with Crippen LogP contribution in [0.3, 0.4) is 0 Å². The van der Waals surface area contributed by atoms with Gasteiger partial charge in [0.05, 0.1) is 46.8 Å². The van der Waals surface area contributed by atoms with Crippen molar-refractivity contribution >= 4 is 18.1 Å². The van der Waals surface area contributed by atoms with Crippen LogP contribution in [0.2, 0.25) is 0 Å². The van der Waals surface area contributed by atoms with E-state index in [1.807, 2.05) is 0 Å². The zero-order valence-corrected chi connectivity index (χ0v) is 22.6. The average Bonchev–Trinajstić information content (AvgIpc) is 2.97. The van der Waals surface area contributed by atoms with Gasteiger partial charge in [-0.3, -0.25) is 4.79 Å². The van der Waals surface area contributed by atoms with Gasteiger partial charge < -0.3 is 28.4 Å². The van der Waals surface area contributed by atoms with Gasteiger partial charge in [-0.2, -0.15) is 5.10 Å². The van der Waals surface area contributed by atoms with Crippen LogP contribution in [0.5, 0.6) is 34.5 Å². The minimum atomic E-state index is -0.535. The van der Waals surface area contributed by atoms with Crippen LogP contribution in [-0.2, 0) is 0 Å². The van der Waals surface area contributed by atoms with E-state index in [1.54, 1.807) is 42.5 Å². The Balaban J connectivity index is 1.65. The number of unbranched alkanes of at least 4 members (excludes halogenated alkanes) is 1.